The SMILES string of the molecule is CC(O)CS(=O)(=O)c1cccc(-c2cc3sc(Cl)cc3c(N3CCOCC3)n2)c1. The number of fused-ring (bicyclic) bond motifs is 1. The third kappa shape index (κ3) is 4.41. The number of anilines is 1. The van der Waals surface area contributed by atoms with Gasteiger partial charge in [0, 0.05) is 28.7 Å². The first-order valence-corrected chi connectivity index (χ1v) is 12.1. The van der Waals surface area contributed by atoms with Crippen LogP contribution in [0.3, 0.4) is 0 Å². The van der Waals surface area contributed by atoms with Gasteiger partial charge in [-0.05, 0) is 31.2 Å². The Labute approximate surface area is 178 Å². The molecule has 1 fully saturated rings. The van der Waals surface area contributed by atoms with Gasteiger partial charge in [-0.3, -0.25) is 0 Å². The number of thiophene rings is 1. The number of morpholine rings is 1. The van der Waals surface area contributed by atoms with Gasteiger partial charge in [0.2, 0.25) is 0 Å². The van der Waals surface area contributed by atoms with Gasteiger partial charge in [0.25, 0.3) is 0 Å². The first-order chi connectivity index (χ1) is 13.8. The Morgan fingerprint density at radius 2 is 2.03 bits per heavy atom. The Kier molecular flexibility index (Phi) is 5.81. The smallest absolute Gasteiger partial charge is 0.180 e. The predicted octanol–water partition coefficient (Wildman–Crippen LogP) is 3.61. The highest BCUT2D eigenvalue weighted by Crippen LogP contribution is 2.38. The van der Waals surface area contributed by atoms with E-state index in [0.29, 0.717) is 28.8 Å². The summed E-state index contributed by atoms with van der Waals surface area (Å²) in [6, 6.07) is 10.6. The van der Waals surface area contributed by atoms with Crippen LogP contribution in [0.1, 0.15) is 6.92 Å². The number of hydrogen-bond acceptors (Lipinski definition) is 7. The van der Waals surface area contributed by atoms with Crippen molar-refractivity contribution in [3.05, 3.63) is 40.7 Å². The van der Waals surface area contributed by atoms with E-state index in [0.717, 1.165) is 29.0 Å². The minimum absolute atomic E-state index is 0.176. The molecule has 1 N–H and O–H groups in total. The van der Waals surface area contributed by atoms with Gasteiger partial charge in [-0.15, -0.1) is 11.3 Å². The normalized spacial score (nSPS) is 16.3. The molecule has 4 rings (SSSR count). The first-order valence-electron chi connectivity index (χ1n) is 9.27. The van der Waals surface area contributed by atoms with Gasteiger partial charge in [-0.25, -0.2) is 13.4 Å². The molecule has 0 bridgehead atoms. The molecule has 1 saturated heterocycles. The Balaban J connectivity index is 1.81. The van der Waals surface area contributed by atoms with Crippen molar-refractivity contribution in [1.82, 2.24) is 4.98 Å². The molecule has 9 heteroatoms. The van der Waals surface area contributed by atoms with Gasteiger partial charge < -0.3 is 14.7 Å². The number of nitrogens with zero attached hydrogens (tertiary/aromatic N) is 2. The molecule has 1 unspecified atom stereocenters. The van der Waals surface area contributed by atoms with Crippen molar-refractivity contribution in [2.75, 3.05) is 37.0 Å². The van der Waals surface area contributed by atoms with Gasteiger partial charge in [0.1, 0.15) is 5.82 Å². The number of aliphatic hydroxyl groups is 1. The Hall–Kier alpha value is -1.71. The molecule has 6 nitrogen and oxygen atoms in total. The van der Waals surface area contributed by atoms with Gasteiger partial charge >= 0.3 is 0 Å². The van der Waals surface area contributed by atoms with E-state index in [1.807, 2.05) is 18.2 Å². The minimum Gasteiger partial charge on any atom is -0.392 e. The molecular weight excluding hydrogens is 432 g/mol. The second-order valence-electron chi connectivity index (χ2n) is 7.05. The molecule has 154 valence electrons. The maximum atomic E-state index is 12.5. The monoisotopic (exact) mass is 452 g/mol. The number of sulfone groups is 1. The van der Waals surface area contributed by atoms with Crippen LogP contribution in [0.25, 0.3) is 21.3 Å². The maximum Gasteiger partial charge on any atom is 0.180 e. The van der Waals surface area contributed by atoms with Crippen LogP contribution < -0.4 is 4.90 Å². The van der Waals surface area contributed by atoms with Crippen LogP contribution in [0.15, 0.2) is 41.3 Å². The molecule has 1 aliphatic heterocycles. The lowest BCUT2D eigenvalue weighted by molar-refractivity contribution is 0.122. The molecule has 0 amide bonds. The standard InChI is InChI=1S/C20H21ClN2O4S2/c1-13(24)12-29(25,26)15-4-2-3-14(9-15)17-11-18-16(10-19(21)28-18)20(22-17)23-5-7-27-8-6-23/h2-4,9-11,13,24H,5-8,12H2,1H3. The molecule has 0 saturated carbocycles. The van der Waals surface area contributed by atoms with Gasteiger partial charge in [0.05, 0.1) is 40.0 Å². The van der Waals surface area contributed by atoms with E-state index in [-0.39, 0.29) is 10.6 Å². The molecule has 0 aliphatic carbocycles. The quantitative estimate of drug-likeness (QED) is 0.637. The summed E-state index contributed by atoms with van der Waals surface area (Å²) in [5, 5.41) is 10.5. The van der Waals surface area contributed by atoms with Crippen LogP contribution >= 0.6 is 22.9 Å². The summed E-state index contributed by atoms with van der Waals surface area (Å²) in [5.74, 6) is 0.517. The number of ether oxygens (including phenoxy) is 1. The predicted molar refractivity (Wildman–Crippen MR) is 117 cm³/mol. The van der Waals surface area contributed by atoms with E-state index in [9.17, 15) is 13.5 Å². The summed E-state index contributed by atoms with van der Waals surface area (Å²) >= 11 is 7.74. The van der Waals surface area contributed by atoms with Gasteiger partial charge in [-0.1, -0.05) is 23.7 Å². The van der Waals surface area contributed by atoms with E-state index >= 15 is 0 Å². The molecule has 0 radical (unpaired) electrons. The first kappa shape index (κ1) is 20.6. The van der Waals surface area contributed by atoms with Crippen molar-refractivity contribution in [2.24, 2.45) is 0 Å². The van der Waals surface area contributed by atoms with Crippen LogP contribution in [0.2, 0.25) is 4.34 Å². The van der Waals surface area contributed by atoms with E-state index < -0.39 is 15.9 Å². The third-order valence-electron chi connectivity index (χ3n) is 4.73. The van der Waals surface area contributed by atoms with Crippen LogP contribution in [-0.4, -0.2) is 56.7 Å². The lowest BCUT2D eigenvalue weighted by atomic mass is 10.1. The average molecular weight is 453 g/mol. The van der Waals surface area contributed by atoms with Crippen LogP contribution in [0.4, 0.5) is 5.82 Å². The third-order valence-corrected chi connectivity index (χ3v) is 7.83. The fraction of sp³-hybridized carbons (Fsp3) is 0.350. The molecule has 3 heterocycles. The van der Waals surface area contributed by atoms with Crippen molar-refractivity contribution >= 4 is 48.7 Å². The largest absolute Gasteiger partial charge is 0.392 e. The molecule has 2 aromatic heterocycles. The number of aromatic nitrogens is 1. The highest BCUT2D eigenvalue weighted by molar-refractivity contribution is 7.91. The van der Waals surface area contributed by atoms with E-state index in [1.165, 1.54) is 18.3 Å². The zero-order chi connectivity index (χ0) is 20.6. The fourth-order valence-corrected chi connectivity index (χ4v) is 6.01. The second kappa shape index (κ2) is 8.20. The molecule has 3 aromatic rings. The summed E-state index contributed by atoms with van der Waals surface area (Å²) in [4.78, 5) is 7.22. The number of aliphatic hydroxyl groups excluding tert-OH is 1. The molecule has 1 atom stereocenters. The van der Waals surface area contributed by atoms with Crippen LogP contribution in [0.5, 0.6) is 0 Å². The fourth-order valence-electron chi connectivity index (χ4n) is 3.41. The summed E-state index contributed by atoms with van der Waals surface area (Å²) in [5.41, 5.74) is 1.39. The zero-order valence-electron chi connectivity index (χ0n) is 15.8. The molecular formula is C20H21ClN2O4S2. The lowest BCUT2D eigenvalue weighted by Crippen LogP contribution is -2.36. The van der Waals surface area contributed by atoms with Crippen LogP contribution in [0, 0.1) is 0 Å². The number of halogens is 1. The molecule has 1 aromatic carbocycles. The summed E-state index contributed by atoms with van der Waals surface area (Å²) in [6.07, 6.45) is -0.931. The van der Waals surface area contributed by atoms with Crippen LogP contribution in [-0.2, 0) is 14.6 Å². The molecule has 1 aliphatic rings. The lowest BCUT2D eigenvalue weighted by Gasteiger charge is -2.28. The average Bonchev–Trinajstić information content (AvgIpc) is 3.07. The number of benzene rings is 1. The Morgan fingerprint density at radius 3 is 2.76 bits per heavy atom. The zero-order valence-corrected chi connectivity index (χ0v) is 18.2. The summed E-state index contributed by atoms with van der Waals surface area (Å²) < 4.78 is 32.2. The van der Waals surface area contributed by atoms with Crippen molar-refractivity contribution in [1.29, 1.82) is 0 Å². The second-order valence-corrected chi connectivity index (χ2v) is 10.8. The Bertz CT molecular complexity index is 1140. The van der Waals surface area contributed by atoms with Gasteiger partial charge in [-0.2, -0.15) is 0 Å². The minimum atomic E-state index is -3.58. The summed E-state index contributed by atoms with van der Waals surface area (Å²) in [7, 11) is -3.58. The van der Waals surface area contributed by atoms with E-state index in [1.54, 1.807) is 18.2 Å². The van der Waals surface area contributed by atoms with Crippen molar-refractivity contribution in [3.8, 4) is 11.3 Å². The topological polar surface area (TPSA) is 79.7 Å². The molecule has 29 heavy (non-hydrogen) atoms. The van der Waals surface area contributed by atoms with E-state index in [2.05, 4.69) is 4.90 Å². The summed E-state index contributed by atoms with van der Waals surface area (Å²) in [6.45, 7) is 4.21. The highest BCUT2D eigenvalue weighted by Gasteiger charge is 2.21. The highest BCUT2D eigenvalue weighted by atomic mass is 35.5. The van der Waals surface area contributed by atoms with Crippen molar-refractivity contribution in [2.45, 2.75) is 17.9 Å². The van der Waals surface area contributed by atoms with Crippen molar-refractivity contribution < 1.29 is 18.3 Å². The van der Waals surface area contributed by atoms with Gasteiger partial charge in [0.15, 0.2) is 9.84 Å². The number of pyridine rings is 1. The maximum absolute atomic E-state index is 12.5. The Morgan fingerprint density at radius 1 is 1.28 bits per heavy atom. The number of rotatable bonds is 5. The van der Waals surface area contributed by atoms with Crippen molar-refractivity contribution in [3.63, 3.8) is 0 Å². The molecule has 0 spiro atoms. The number of hydrogen-bond donors (Lipinski definition) is 1. The van der Waals surface area contributed by atoms with E-state index in [4.69, 9.17) is 21.3 Å².